The molecular weight excluding hydrogens is 328 g/mol. The zero-order valence-corrected chi connectivity index (χ0v) is 15.0. The molecule has 1 atom stereocenters. The summed E-state index contributed by atoms with van der Waals surface area (Å²) in [4.78, 5) is 7.19. The van der Waals surface area contributed by atoms with Gasteiger partial charge in [0.2, 0.25) is 0 Å². The van der Waals surface area contributed by atoms with Gasteiger partial charge in [0.25, 0.3) is 0 Å². The van der Waals surface area contributed by atoms with Crippen molar-refractivity contribution in [3.63, 3.8) is 0 Å². The summed E-state index contributed by atoms with van der Waals surface area (Å²) in [6.45, 7) is 5.39. The molecule has 124 valence electrons. The highest BCUT2D eigenvalue weighted by Gasteiger charge is 2.36. The van der Waals surface area contributed by atoms with Gasteiger partial charge in [0.1, 0.15) is 5.01 Å². The molecule has 2 aromatic rings. The molecule has 5 heteroatoms. The molecule has 3 rings (SSSR count). The van der Waals surface area contributed by atoms with E-state index in [9.17, 15) is 5.11 Å². The SMILES string of the molecule is CCCC1(CO)CCN(Cc2csc(-c3ccc(Cl)cc3)n2)C1. The van der Waals surface area contributed by atoms with Gasteiger partial charge in [-0.1, -0.05) is 37.1 Å². The van der Waals surface area contributed by atoms with Crippen LogP contribution in [0.2, 0.25) is 5.02 Å². The van der Waals surface area contributed by atoms with Gasteiger partial charge in [-0.2, -0.15) is 0 Å². The first-order valence-corrected chi connectivity index (χ1v) is 9.43. The first kappa shape index (κ1) is 16.9. The Bertz CT molecular complexity index is 643. The molecule has 3 nitrogen and oxygen atoms in total. The molecule has 0 radical (unpaired) electrons. The molecule has 2 heterocycles. The Hall–Kier alpha value is -0.940. The summed E-state index contributed by atoms with van der Waals surface area (Å²) in [5.41, 5.74) is 2.33. The number of aromatic nitrogens is 1. The molecular formula is C18H23ClN2OS. The van der Waals surface area contributed by atoms with Crippen LogP contribution in [0, 0.1) is 5.41 Å². The average Bonchev–Trinajstić information content (AvgIpc) is 3.17. The summed E-state index contributed by atoms with van der Waals surface area (Å²) < 4.78 is 0. The van der Waals surface area contributed by atoms with Crippen LogP contribution in [0.15, 0.2) is 29.6 Å². The lowest BCUT2D eigenvalue weighted by Crippen LogP contribution is -2.30. The highest BCUT2D eigenvalue weighted by molar-refractivity contribution is 7.13. The minimum atomic E-state index is 0.101. The predicted octanol–water partition coefficient (Wildman–Crippen LogP) is 4.45. The molecule has 0 amide bonds. The second kappa shape index (κ2) is 7.31. The standard InChI is InChI=1S/C18H23ClN2OS/c1-2-7-18(13-22)8-9-21(12-18)10-16-11-23-17(20-16)14-3-5-15(19)6-4-14/h3-6,11,22H,2,7-10,12-13H2,1H3. The number of halogens is 1. The van der Waals surface area contributed by atoms with Crippen LogP contribution in [0.4, 0.5) is 0 Å². The summed E-state index contributed by atoms with van der Waals surface area (Å²) in [6.07, 6.45) is 3.32. The molecule has 0 spiro atoms. The van der Waals surface area contributed by atoms with Gasteiger partial charge in [0.05, 0.1) is 5.69 Å². The van der Waals surface area contributed by atoms with Crippen LogP contribution in [0.3, 0.4) is 0 Å². The first-order valence-electron chi connectivity index (χ1n) is 8.18. The number of aliphatic hydroxyl groups excluding tert-OH is 1. The average molecular weight is 351 g/mol. The van der Waals surface area contributed by atoms with Crippen molar-refractivity contribution in [2.24, 2.45) is 5.41 Å². The molecule has 1 N–H and O–H groups in total. The Kier molecular flexibility index (Phi) is 5.37. The van der Waals surface area contributed by atoms with E-state index in [2.05, 4.69) is 17.2 Å². The number of benzene rings is 1. The Labute approximate surface area is 146 Å². The zero-order valence-electron chi connectivity index (χ0n) is 13.5. The molecule has 1 aromatic heterocycles. The van der Waals surface area contributed by atoms with Crippen LogP contribution in [0.5, 0.6) is 0 Å². The van der Waals surface area contributed by atoms with Gasteiger partial charge in [-0.15, -0.1) is 11.3 Å². The molecule has 1 saturated heterocycles. The first-order chi connectivity index (χ1) is 11.1. The van der Waals surface area contributed by atoms with E-state index in [1.165, 1.54) is 0 Å². The smallest absolute Gasteiger partial charge is 0.123 e. The van der Waals surface area contributed by atoms with Gasteiger partial charge in [0.15, 0.2) is 0 Å². The summed E-state index contributed by atoms with van der Waals surface area (Å²) in [5, 5.41) is 13.7. The van der Waals surface area contributed by atoms with Crippen molar-refractivity contribution in [1.82, 2.24) is 9.88 Å². The molecule has 0 bridgehead atoms. The van der Waals surface area contributed by atoms with Crippen molar-refractivity contribution in [1.29, 1.82) is 0 Å². The molecule has 1 unspecified atom stereocenters. The second-order valence-corrected chi connectivity index (χ2v) is 7.81. The van der Waals surface area contributed by atoms with Crippen molar-refractivity contribution in [3.8, 4) is 10.6 Å². The van der Waals surface area contributed by atoms with Crippen LogP contribution in [0.25, 0.3) is 10.6 Å². The van der Waals surface area contributed by atoms with E-state index in [4.69, 9.17) is 16.6 Å². The minimum absolute atomic E-state index is 0.101. The topological polar surface area (TPSA) is 36.4 Å². The van der Waals surface area contributed by atoms with Gasteiger partial charge >= 0.3 is 0 Å². The number of aliphatic hydroxyl groups is 1. The van der Waals surface area contributed by atoms with Crippen molar-refractivity contribution in [3.05, 3.63) is 40.4 Å². The monoisotopic (exact) mass is 350 g/mol. The highest BCUT2D eigenvalue weighted by atomic mass is 35.5. The Morgan fingerprint density at radius 2 is 2.13 bits per heavy atom. The van der Waals surface area contributed by atoms with Crippen molar-refractivity contribution in [2.45, 2.75) is 32.7 Å². The quantitative estimate of drug-likeness (QED) is 0.836. The molecule has 1 aliphatic heterocycles. The molecule has 1 aromatic carbocycles. The molecule has 23 heavy (non-hydrogen) atoms. The van der Waals surface area contributed by atoms with E-state index in [0.29, 0.717) is 6.61 Å². The van der Waals surface area contributed by atoms with Crippen LogP contribution >= 0.6 is 22.9 Å². The molecule has 1 aliphatic rings. The Morgan fingerprint density at radius 1 is 1.35 bits per heavy atom. The lowest BCUT2D eigenvalue weighted by atomic mass is 9.83. The van der Waals surface area contributed by atoms with Crippen molar-refractivity contribution >= 4 is 22.9 Å². The lowest BCUT2D eigenvalue weighted by Gasteiger charge is -2.26. The van der Waals surface area contributed by atoms with Crippen molar-refractivity contribution in [2.75, 3.05) is 19.7 Å². The third kappa shape index (κ3) is 3.94. The van der Waals surface area contributed by atoms with Gasteiger partial charge in [-0.05, 0) is 31.5 Å². The maximum atomic E-state index is 9.76. The van der Waals surface area contributed by atoms with E-state index in [1.54, 1.807) is 11.3 Å². The zero-order chi connectivity index (χ0) is 16.3. The number of nitrogens with zero attached hydrogens (tertiary/aromatic N) is 2. The van der Waals surface area contributed by atoms with Crippen LogP contribution in [-0.4, -0.2) is 34.7 Å². The summed E-state index contributed by atoms with van der Waals surface area (Å²) in [5.74, 6) is 0. The van der Waals surface area contributed by atoms with E-state index >= 15 is 0 Å². The largest absolute Gasteiger partial charge is 0.396 e. The third-order valence-electron chi connectivity index (χ3n) is 4.66. The maximum Gasteiger partial charge on any atom is 0.123 e. The maximum absolute atomic E-state index is 9.76. The number of rotatable bonds is 6. The van der Waals surface area contributed by atoms with Crippen molar-refractivity contribution < 1.29 is 5.11 Å². The summed E-state index contributed by atoms with van der Waals surface area (Å²) in [7, 11) is 0. The number of hydrogen-bond acceptors (Lipinski definition) is 4. The van der Waals surface area contributed by atoms with Gasteiger partial charge in [0, 0.05) is 41.1 Å². The predicted molar refractivity (Wildman–Crippen MR) is 96.9 cm³/mol. The molecule has 1 fully saturated rings. The normalized spacial score (nSPS) is 21.9. The van der Waals surface area contributed by atoms with Crippen LogP contribution in [-0.2, 0) is 6.54 Å². The number of hydrogen-bond donors (Lipinski definition) is 1. The Morgan fingerprint density at radius 3 is 2.83 bits per heavy atom. The van der Waals surface area contributed by atoms with Gasteiger partial charge < -0.3 is 5.11 Å². The fourth-order valence-corrected chi connectivity index (χ4v) is 4.38. The lowest BCUT2D eigenvalue weighted by molar-refractivity contribution is 0.117. The van der Waals surface area contributed by atoms with E-state index in [-0.39, 0.29) is 5.41 Å². The van der Waals surface area contributed by atoms with Gasteiger partial charge in [-0.3, -0.25) is 4.90 Å². The van der Waals surface area contributed by atoms with Crippen LogP contribution < -0.4 is 0 Å². The Balaban J connectivity index is 1.65. The minimum Gasteiger partial charge on any atom is -0.396 e. The van der Waals surface area contributed by atoms with Gasteiger partial charge in [-0.25, -0.2) is 4.98 Å². The fourth-order valence-electron chi connectivity index (χ4n) is 3.44. The van der Waals surface area contributed by atoms with E-state index < -0.39 is 0 Å². The second-order valence-electron chi connectivity index (χ2n) is 6.52. The number of likely N-dealkylation sites (tertiary alicyclic amines) is 1. The fraction of sp³-hybridized carbons (Fsp3) is 0.500. The third-order valence-corrected chi connectivity index (χ3v) is 5.85. The molecule has 0 aliphatic carbocycles. The number of thiazole rings is 1. The van der Waals surface area contributed by atoms with E-state index in [1.807, 2.05) is 24.3 Å². The summed E-state index contributed by atoms with van der Waals surface area (Å²) >= 11 is 7.62. The highest BCUT2D eigenvalue weighted by Crippen LogP contribution is 2.35. The van der Waals surface area contributed by atoms with E-state index in [0.717, 1.165) is 60.2 Å². The molecule has 0 saturated carbocycles. The summed E-state index contributed by atoms with van der Waals surface area (Å²) in [6, 6.07) is 7.83. The van der Waals surface area contributed by atoms with Crippen LogP contribution in [0.1, 0.15) is 31.9 Å².